The van der Waals surface area contributed by atoms with Gasteiger partial charge in [0.2, 0.25) is 0 Å². The molecule has 0 aliphatic carbocycles. The SMILES string of the molecule is COc1ccc(CC(=O)O)cc1-c1cccc2c1CN(C(=O)OCc1ccccc1)CC2. The second-order valence-corrected chi connectivity index (χ2v) is 7.76. The Labute approximate surface area is 187 Å². The Kier molecular flexibility index (Phi) is 6.40. The van der Waals surface area contributed by atoms with Crippen LogP contribution in [-0.4, -0.2) is 35.7 Å². The van der Waals surface area contributed by atoms with Crippen molar-refractivity contribution in [1.29, 1.82) is 0 Å². The first-order valence-electron chi connectivity index (χ1n) is 10.5. The van der Waals surface area contributed by atoms with E-state index in [1.807, 2.05) is 48.5 Å². The van der Waals surface area contributed by atoms with Gasteiger partial charge in [-0.15, -0.1) is 0 Å². The number of aliphatic carboxylic acids is 1. The molecule has 3 aromatic rings. The van der Waals surface area contributed by atoms with Crippen LogP contribution < -0.4 is 4.74 Å². The number of ether oxygens (including phenoxy) is 2. The fraction of sp³-hybridized carbons (Fsp3) is 0.231. The predicted octanol–water partition coefficient (Wildman–Crippen LogP) is 4.68. The number of nitrogens with zero attached hydrogens (tertiary/aromatic N) is 1. The van der Waals surface area contributed by atoms with Gasteiger partial charge in [0.15, 0.2) is 0 Å². The summed E-state index contributed by atoms with van der Waals surface area (Å²) in [6, 6.07) is 21.1. The van der Waals surface area contributed by atoms with Crippen LogP contribution in [0.3, 0.4) is 0 Å². The van der Waals surface area contributed by atoms with E-state index in [1.54, 1.807) is 24.1 Å². The highest BCUT2D eigenvalue weighted by Crippen LogP contribution is 2.37. The van der Waals surface area contributed by atoms with Crippen molar-refractivity contribution in [2.75, 3.05) is 13.7 Å². The van der Waals surface area contributed by atoms with Crippen molar-refractivity contribution in [3.8, 4) is 16.9 Å². The van der Waals surface area contributed by atoms with E-state index in [0.717, 1.165) is 28.7 Å². The summed E-state index contributed by atoms with van der Waals surface area (Å²) in [6.07, 6.45) is 0.311. The molecule has 0 bridgehead atoms. The van der Waals surface area contributed by atoms with Crippen molar-refractivity contribution in [2.24, 2.45) is 0 Å². The molecule has 1 heterocycles. The Morgan fingerprint density at radius 2 is 1.78 bits per heavy atom. The van der Waals surface area contributed by atoms with Crippen molar-refractivity contribution >= 4 is 12.1 Å². The second-order valence-electron chi connectivity index (χ2n) is 7.76. The van der Waals surface area contributed by atoms with Gasteiger partial charge in [-0.1, -0.05) is 54.6 Å². The van der Waals surface area contributed by atoms with Crippen molar-refractivity contribution in [3.63, 3.8) is 0 Å². The molecule has 0 saturated carbocycles. The fourth-order valence-corrected chi connectivity index (χ4v) is 4.05. The van der Waals surface area contributed by atoms with E-state index in [9.17, 15) is 14.7 Å². The van der Waals surface area contributed by atoms with E-state index in [0.29, 0.717) is 24.4 Å². The van der Waals surface area contributed by atoms with Crippen LogP contribution in [0.5, 0.6) is 5.75 Å². The normalized spacial score (nSPS) is 12.7. The number of carboxylic acid groups (broad SMARTS) is 1. The van der Waals surface area contributed by atoms with E-state index >= 15 is 0 Å². The number of methoxy groups -OCH3 is 1. The molecule has 0 spiro atoms. The van der Waals surface area contributed by atoms with Gasteiger partial charge in [0.25, 0.3) is 0 Å². The lowest BCUT2D eigenvalue weighted by Gasteiger charge is -2.30. The fourth-order valence-electron chi connectivity index (χ4n) is 4.05. The summed E-state index contributed by atoms with van der Waals surface area (Å²) >= 11 is 0. The Balaban J connectivity index is 1.60. The number of hydrogen-bond acceptors (Lipinski definition) is 4. The lowest BCUT2D eigenvalue weighted by molar-refractivity contribution is -0.136. The Morgan fingerprint density at radius 3 is 2.53 bits per heavy atom. The van der Waals surface area contributed by atoms with Gasteiger partial charge in [-0.3, -0.25) is 4.79 Å². The van der Waals surface area contributed by atoms with Gasteiger partial charge in [0.1, 0.15) is 12.4 Å². The van der Waals surface area contributed by atoms with E-state index in [1.165, 1.54) is 5.56 Å². The molecule has 4 rings (SSSR count). The quantitative estimate of drug-likeness (QED) is 0.613. The summed E-state index contributed by atoms with van der Waals surface area (Å²) in [5.41, 5.74) is 5.59. The number of carboxylic acids is 1. The first-order valence-corrected chi connectivity index (χ1v) is 10.5. The second kappa shape index (κ2) is 9.56. The maximum Gasteiger partial charge on any atom is 0.410 e. The molecule has 3 aromatic carbocycles. The topological polar surface area (TPSA) is 76.1 Å². The Morgan fingerprint density at radius 1 is 0.969 bits per heavy atom. The van der Waals surface area contributed by atoms with Gasteiger partial charge in [0.05, 0.1) is 13.5 Å². The van der Waals surface area contributed by atoms with E-state index < -0.39 is 5.97 Å². The number of hydrogen-bond donors (Lipinski definition) is 1. The highest BCUT2D eigenvalue weighted by atomic mass is 16.6. The van der Waals surface area contributed by atoms with Gasteiger partial charge < -0.3 is 19.5 Å². The van der Waals surface area contributed by atoms with Crippen molar-refractivity contribution < 1.29 is 24.2 Å². The molecule has 1 aliphatic rings. The predicted molar refractivity (Wildman–Crippen MR) is 121 cm³/mol. The zero-order valence-electron chi connectivity index (χ0n) is 17.9. The van der Waals surface area contributed by atoms with Crippen LogP contribution in [0.1, 0.15) is 22.3 Å². The van der Waals surface area contributed by atoms with Crippen LogP contribution in [0.4, 0.5) is 4.79 Å². The molecule has 1 aliphatic heterocycles. The Bertz CT molecular complexity index is 1130. The number of amides is 1. The average molecular weight is 431 g/mol. The molecule has 1 N–H and O–H groups in total. The van der Waals surface area contributed by atoms with Gasteiger partial charge in [-0.25, -0.2) is 4.79 Å². The monoisotopic (exact) mass is 431 g/mol. The number of carbonyl (C=O) groups is 2. The van der Waals surface area contributed by atoms with Crippen LogP contribution in [-0.2, 0) is 35.5 Å². The van der Waals surface area contributed by atoms with Crippen molar-refractivity contribution in [3.05, 3.63) is 89.0 Å². The average Bonchev–Trinajstić information content (AvgIpc) is 2.82. The summed E-state index contributed by atoms with van der Waals surface area (Å²) in [6.45, 7) is 1.24. The number of benzene rings is 3. The zero-order chi connectivity index (χ0) is 22.5. The van der Waals surface area contributed by atoms with Gasteiger partial charge >= 0.3 is 12.1 Å². The molecule has 32 heavy (non-hydrogen) atoms. The van der Waals surface area contributed by atoms with E-state index in [4.69, 9.17) is 9.47 Å². The molecular formula is C26H25NO5. The van der Waals surface area contributed by atoms with E-state index in [2.05, 4.69) is 6.07 Å². The van der Waals surface area contributed by atoms with Crippen molar-refractivity contribution in [2.45, 2.75) is 26.0 Å². The minimum Gasteiger partial charge on any atom is -0.496 e. The Hall–Kier alpha value is -3.80. The van der Waals surface area contributed by atoms with E-state index in [-0.39, 0.29) is 19.1 Å². The van der Waals surface area contributed by atoms with Crippen LogP contribution >= 0.6 is 0 Å². The third-order valence-corrected chi connectivity index (χ3v) is 5.65. The van der Waals surface area contributed by atoms with Crippen LogP contribution in [0, 0.1) is 0 Å². The van der Waals surface area contributed by atoms with Crippen LogP contribution in [0.25, 0.3) is 11.1 Å². The third-order valence-electron chi connectivity index (χ3n) is 5.65. The minimum absolute atomic E-state index is 0.0655. The summed E-state index contributed by atoms with van der Waals surface area (Å²) < 4.78 is 11.1. The minimum atomic E-state index is -0.886. The zero-order valence-corrected chi connectivity index (χ0v) is 17.9. The number of fused-ring (bicyclic) bond motifs is 1. The first kappa shape index (κ1) is 21.4. The molecule has 6 nitrogen and oxygen atoms in total. The van der Waals surface area contributed by atoms with Gasteiger partial charge in [-0.2, -0.15) is 0 Å². The third kappa shape index (κ3) is 4.75. The maximum atomic E-state index is 12.7. The highest BCUT2D eigenvalue weighted by molar-refractivity contribution is 5.78. The van der Waals surface area contributed by atoms with Gasteiger partial charge in [0, 0.05) is 18.7 Å². The summed E-state index contributed by atoms with van der Waals surface area (Å²) in [5, 5.41) is 9.19. The molecule has 6 heteroatoms. The molecule has 0 saturated heterocycles. The lowest BCUT2D eigenvalue weighted by Crippen LogP contribution is -2.36. The first-order chi connectivity index (χ1) is 15.5. The molecule has 0 atom stereocenters. The molecule has 1 amide bonds. The summed E-state index contributed by atoms with van der Waals surface area (Å²) in [7, 11) is 1.60. The summed E-state index contributed by atoms with van der Waals surface area (Å²) in [4.78, 5) is 25.6. The molecule has 0 aromatic heterocycles. The number of rotatable bonds is 6. The lowest BCUT2D eigenvalue weighted by atomic mass is 9.90. The standard InChI is InChI=1S/C26H25NO5/c1-31-24-11-10-19(15-25(28)29)14-22(24)21-9-5-8-20-12-13-27(16-23(20)21)26(30)32-17-18-6-3-2-4-7-18/h2-11,14H,12-13,15-17H2,1H3,(H,28,29). The summed E-state index contributed by atoms with van der Waals surface area (Å²) in [5.74, 6) is -0.222. The molecule has 0 radical (unpaired) electrons. The number of carbonyl (C=O) groups excluding carboxylic acids is 1. The molecular weight excluding hydrogens is 406 g/mol. The molecule has 0 fully saturated rings. The maximum absolute atomic E-state index is 12.7. The van der Waals surface area contributed by atoms with Gasteiger partial charge in [-0.05, 0) is 46.4 Å². The van der Waals surface area contributed by atoms with Crippen LogP contribution in [0.15, 0.2) is 66.7 Å². The smallest absolute Gasteiger partial charge is 0.410 e. The molecule has 0 unspecified atom stereocenters. The van der Waals surface area contributed by atoms with Crippen molar-refractivity contribution in [1.82, 2.24) is 4.90 Å². The molecule has 164 valence electrons. The highest BCUT2D eigenvalue weighted by Gasteiger charge is 2.25. The van der Waals surface area contributed by atoms with Crippen LogP contribution in [0.2, 0.25) is 0 Å². The largest absolute Gasteiger partial charge is 0.496 e.